The van der Waals surface area contributed by atoms with Gasteiger partial charge in [-0.25, -0.2) is 9.78 Å². The zero-order valence-electron chi connectivity index (χ0n) is 13.3. The van der Waals surface area contributed by atoms with Gasteiger partial charge in [-0.2, -0.15) is 13.2 Å². The SMILES string of the molecule is CCOC(=O)c1sc(-c2ccc(C(F)(F)F)cc2)nc1COC(C)=O. The van der Waals surface area contributed by atoms with Crippen molar-refractivity contribution in [3.8, 4) is 10.6 Å². The maximum atomic E-state index is 12.6. The third-order valence-electron chi connectivity index (χ3n) is 3.03. The smallest absolute Gasteiger partial charge is 0.416 e. The van der Waals surface area contributed by atoms with Gasteiger partial charge in [0.05, 0.1) is 12.2 Å². The molecule has 0 unspecified atom stereocenters. The number of rotatable bonds is 5. The normalized spacial score (nSPS) is 11.2. The maximum Gasteiger partial charge on any atom is 0.416 e. The average molecular weight is 373 g/mol. The molecule has 2 rings (SSSR count). The van der Waals surface area contributed by atoms with E-state index in [9.17, 15) is 22.8 Å². The molecule has 1 aromatic heterocycles. The quantitative estimate of drug-likeness (QED) is 0.739. The molecule has 0 aliphatic heterocycles. The highest BCUT2D eigenvalue weighted by molar-refractivity contribution is 7.17. The molecule has 25 heavy (non-hydrogen) atoms. The third-order valence-corrected chi connectivity index (χ3v) is 4.16. The number of alkyl halides is 3. The summed E-state index contributed by atoms with van der Waals surface area (Å²) >= 11 is 0.967. The summed E-state index contributed by atoms with van der Waals surface area (Å²) in [7, 11) is 0. The molecule has 0 saturated carbocycles. The van der Waals surface area contributed by atoms with E-state index in [4.69, 9.17) is 9.47 Å². The summed E-state index contributed by atoms with van der Waals surface area (Å²) in [6, 6.07) is 4.41. The highest BCUT2D eigenvalue weighted by atomic mass is 32.1. The highest BCUT2D eigenvalue weighted by Crippen LogP contribution is 2.33. The van der Waals surface area contributed by atoms with Crippen molar-refractivity contribution in [1.29, 1.82) is 0 Å². The Hall–Kier alpha value is -2.42. The third kappa shape index (κ3) is 4.79. The zero-order valence-corrected chi connectivity index (χ0v) is 14.2. The van der Waals surface area contributed by atoms with E-state index in [-0.39, 0.29) is 23.8 Å². The molecule has 9 heteroatoms. The number of hydrogen-bond donors (Lipinski definition) is 0. The van der Waals surface area contributed by atoms with E-state index in [1.54, 1.807) is 6.92 Å². The van der Waals surface area contributed by atoms with Gasteiger partial charge in [0.15, 0.2) is 0 Å². The fourth-order valence-electron chi connectivity index (χ4n) is 1.90. The first-order chi connectivity index (χ1) is 11.7. The molecule has 0 spiro atoms. The summed E-state index contributed by atoms with van der Waals surface area (Å²) in [6.45, 7) is 2.79. The van der Waals surface area contributed by atoms with Gasteiger partial charge >= 0.3 is 18.1 Å². The Morgan fingerprint density at radius 3 is 2.32 bits per heavy atom. The predicted molar refractivity (Wildman–Crippen MR) is 84.0 cm³/mol. The summed E-state index contributed by atoms with van der Waals surface area (Å²) < 4.78 is 47.7. The molecule has 1 aromatic carbocycles. The van der Waals surface area contributed by atoms with Crippen LogP contribution in [0.15, 0.2) is 24.3 Å². The largest absolute Gasteiger partial charge is 0.462 e. The summed E-state index contributed by atoms with van der Waals surface area (Å²) in [5.41, 5.74) is -0.162. The average Bonchev–Trinajstić information content (AvgIpc) is 2.97. The molecule has 0 radical (unpaired) electrons. The lowest BCUT2D eigenvalue weighted by Crippen LogP contribution is -2.08. The Morgan fingerprint density at radius 1 is 1.16 bits per heavy atom. The first-order valence-electron chi connectivity index (χ1n) is 7.20. The Bertz CT molecular complexity index is 769. The zero-order chi connectivity index (χ0) is 18.6. The minimum absolute atomic E-state index is 0.151. The van der Waals surface area contributed by atoms with E-state index in [2.05, 4.69) is 4.98 Å². The van der Waals surface area contributed by atoms with Gasteiger partial charge in [-0.1, -0.05) is 12.1 Å². The molecule has 0 fully saturated rings. The van der Waals surface area contributed by atoms with Gasteiger partial charge in [0.1, 0.15) is 22.2 Å². The lowest BCUT2D eigenvalue weighted by molar-refractivity contribution is -0.142. The van der Waals surface area contributed by atoms with E-state index in [1.165, 1.54) is 19.1 Å². The molecule has 0 aliphatic carbocycles. The van der Waals surface area contributed by atoms with Crippen LogP contribution in [-0.2, 0) is 27.1 Å². The van der Waals surface area contributed by atoms with E-state index in [1.807, 2.05) is 0 Å². The monoisotopic (exact) mass is 373 g/mol. The van der Waals surface area contributed by atoms with Crippen molar-refractivity contribution in [3.63, 3.8) is 0 Å². The molecule has 0 saturated heterocycles. The number of nitrogens with zero attached hydrogens (tertiary/aromatic N) is 1. The summed E-state index contributed by atoms with van der Waals surface area (Å²) in [6.07, 6.45) is -4.43. The van der Waals surface area contributed by atoms with E-state index < -0.39 is 23.7 Å². The number of carbonyl (C=O) groups is 2. The van der Waals surface area contributed by atoms with Gasteiger partial charge in [-0.05, 0) is 19.1 Å². The number of carbonyl (C=O) groups excluding carboxylic acids is 2. The van der Waals surface area contributed by atoms with Crippen LogP contribution in [-0.4, -0.2) is 23.5 Å². The van der Waals surface area contributed by atoms with Crippen LogP contribution in [0.4, 0.5) is 13.2 Å². The van der Waals surface area contributed by atoms with Gasteiger partial charge in [0.25, 0.3) is 0 Å². The van der Waals surface area contributed by atoms with Crippen LogP contribution in [0.2, 0.25) is 0 Å². The number of hydrogen-bond acceptors (Lipinski definition) is 6. The van der Waals surface area contributed by atoms with Crippen molar-refractivity contribution >= 4 is 23.3 Å². The van der Waals surface area contributed by atoms with Crippen molar-refractivity contribution in [2.45, 2.75) is 26.6 Å². The number of aromatic nitrogens is 1. The van der Waals surface area contributed by atoms with E-state index in [0.717, 1.165) is 23.5 Å². The molecule has 2 aromatic rings. The second-order valence-corrected chi connectivity index (χ2v) is 5.87. The van der Waals surface area contributed by atoms with Crippen LogP contribution in [0, 0.1) is 0 Å². The van der Waals surface area contributed by atoms with Crippen molar-refractivity contribution in [2.75, 3.05) is 6.61 Å². The molecule has 0 atom stereocenters. The van der Waals surface area contributed by atoms with E-state index >= 15 is 0 Å². The number of benzene rings is 1. The summed E-state index contributed by atoms with van der Waals surface area (Å²) in [5.74, 6) is -1.17. The van der Waals surface area contributed by atoms with Crippen LogP contribution >= 0.6 is 11.3 Å². The van der Waals surface area contributed by atoms with Crippen LogP contribution in [0.1, 0.15) is 34.8 Å². The Morgan fingerprint density at radius 2 is 1.80 bits per heavy atom. The summed E-state index contributed by atoms with van der Waals surface area (Å²) in [4.78, 5) is 27.3. The molecule has 0 amide bonds. The minimum Gasteiger partial charge on any atom is -0.462 e. The molecule has 1 heterocycles. The molecular weight excluding hydrogens is 359 g/mol. The Balaban J connectivity index is 2.35. The molecule has 0 bridgehead atoms. The number of thiazole rings is 1. The van der Waals surface area contributed by atoms with Crippen LogP contribution in [0.3, 0.4) is 0 Å². The predicted octanol–water partition coefficient (Wildman–Crippen LogP) is 4.07. The first-order valence-corrected chi connectivity index (χ1v) is 8.01. The molecule has 5 nitrogen and oxygen atoms in total. The lowest BCUT2D eigenvalue weighted by atomic mass is 10.1. The lowest BCUT2D eigenvalue weighted by Gasteiger charge is -2.06. The topological polar surface area (TPSA) is 65.5 Å². The molecule has 0 N–H and O–H groups in total. The van der Waals surface area contributed by atoms with Crippen molar-refractivity contribution in [2.24, 2.45) is 0 Å². The van der Waals surface area contributed by atoms with Crippen molar-refractivity contribution in [3.05, 3.63) is 40.4 Å². The molecule has 0 aliphatic rings. The van der Waals surface area contributed by atoms with Gasteiger partial charge < -0.3 is 9.47 Å². The Kier molecular flexibility index (Phi) is 5.78. The van der Waals surface area contributed by atoms with Crippen molar-refractivity contribution < 1.29 is 32.2 Å². The fraction of sp³-hybridized carbons (Fsp3) is 0.312. The van der Waals surface area contributed by atoms with Gasteiger partial charge in [0.2, 0.25) is 0 Å². The van der Waals surface area contributed by atoms with Crippen LogP contribution in [0.5, 0.6) is 0 Å². The summed E-state index contributed by atoms with van der Waals surface area (Å²) in [5, 5.41) is 0.332. The van der Waals surface area contributed by atoms with Gasteiger partial charge in [-0.15, -0.1) is 11.3 Å². The molecule has 134 valence electrons. The number of ether oxygens (including phenoxy) is 2. The highest BCUT2D eigenvalue weighted by Gasteiger charge is 2.30. The number of halogens is 3. The van der Waals surface area contributed by atoms with Crippen molar-refractivity contribution in [1.82, 2.24) is 4.98 Å². The van der Waals surface area contributed by atoms with E-state index in [0.29, 0.717) is 10.6 Å². The minimum atomic E-state index is -4.43. The maximum absolute atomic E-state index is 12.6. The second kappa shape index (κ2) is 7.64. The van der Waals surface area contributed by atoms with Crippen LogP contribution in [0.25, 0.3) is 10.6 Å². The van der Waals surface area contributed by atoms with Gasteiger partial charge in [0, 0.05) is 12.5 Å². The van der Waals surface area contributed by atoms with Crippen LogP contribution < -0.4 is 0 Å². The number of esters is 2. The first kappa shape index (κ1) is 18.9. The fourth-order valence-corrected chi connectivity index (χ4v) is 2.87. The molecular formula is C16H14F3NO4S. The van der Waals surface area contributed by atoms with Gasteiger partial charge in [-0.3, -0.25) is 4.79 Å². The Labute approximate surface area is 145 Å². The second-order valence-electron chi connectivity index (χ2n) is 4.87. The standard InChI is InChI=1S/C16H14F3NO4S/c1-3-23-15(22)13-12(8-24-9(2)21)20-14(25-13)10-4-6-11(7-5-10)16(17,18)19/h4-7H,3,8H2,1-2H3.